The third-order valence-corrected chi connectivity index (χ3v) is 4.53. The van der Waals surface area contributed by atoms with Gasteiger partial charge in [0.05, 0.1) is 19.3 Å². The second-order valence-corrected chi connectivity index (χ2v) is 6.28. The lowest BCUT2D eigenvalue weighted by Crippen LogP contribution is -2.53. The molecular weight excluding hydrogens is 304 g/mol. The first kappa shape index (κ1) is 15.6. The van der Waals surface area contributed by atoms with Crippen molar-refractivity contribution in [3.63, 3.8) is 0 Å². The average Bonchev–Trinajstić information content (AvgIpc) is 2.55. The van der Waals surface area contributed by atoms with Gasteiger partial charge < -0.3 is 19.6 Å². The molecule has 1 unspecified atom stereocenters. The maximum absolute atomic E-state index is 12.6. The monoisotopic (exact) mass is 324 g/mol. The number of hydrogen-bond donors (Lipinski definition) is 1. The number of carbonyl (C=O) groups excluding carboxylic acids is 1. The van der Waals surface area contributed by atoms with Crippen molar-refractivity contribution in [3.8, 4) is 0 Å². The number of piperidine rings is 1. The minimum atomic E-state index is -0.442. The Kier molecular flexibility index (Phi) is 4.86. The van der Waals surface area contributed by atoms with Crippen molar-refractivity contribution >= 4 is 23.2 Å². The number of likely N-dealkylation sites (tertiary alicyclic amines) is 1. The summed E-state index contributed by atoms with van der Waals surface area (Å²) < 4.78 is 5.67. The second kappa shape index (κ2) is 6.86. The number of rotatable bonds is 2. The summed E-state index contributed by atoms with van der Waals surface area (Å²) in [6.45, 7) is 3.04. The standard InChI is InChI=1S/C16H21ClN2O3/c17-12-2-1-3-13(10-12)19-8-9-22-15(11-19)16(21)18-6-4-14(20)5-7-18/h1-3,10,14-15,20H,4-9,11H2. The summed E-state index contributed by atoms with van der Waals surface area (Å²) in [6.07, 6.45) is 0.578. The van der Waals surface area contributed by atoms with Crippen molar-refractivity contribution in [2.45, 2.75) is 25.0 Å². The molecule has 2 fully saturated rings. The van der Waals surface area contributed by atoms with Crippen LogP contribution in [-0.2, 0) is 9.53 Å². The summed E-state index contributed by atoms with van der Waals surface area (Å²) >= 11 is 6.04. The van der Waals surface area contributed by atoms with Crippen molar-refractivity contribution in [2.75, 3.05) is 37.7 Å². The summed E-state index contributed by atoms with van der Waals surface area (Å²) in [5.41, 5.74) is 1.02. The lowest BCUT2D eigenvalue weighted by Gasteiger charge is -2.37. The number of morpholine rings is 1. The normalized spacial score (nSPS) is 23.6. The van der Waals surface area contributed by atoms with Gasteiger partial charge in [-0.3, -0.25) is 4.79 Å². The van der Waals surface area contributed by atoms with Crippen LogP contribution in [0.1, 0.15) is 12.8 Å². The molecule has 1 aromatic carbocycles. The van der Waals surface area contributed by atoms with Gasteiger partial charge in [0.15, 0.2) is 6.10 Å². The number of aliphatic hydroxyl groups excluding tert-OH is 1. The molecule has 1 atom stereocenters. The van der Waals surface area contributed by atoms with E-state index in [2.05, 4.69) is 4.90 Å². The van der Waals surface area contributed by atoms with E-state index in [0.717, 1.165) is 12.2 Å². The van der Waals surface area contributed by atoms with Gasteiger partial charge in [0.25, 0.3) is 5.91 Å². The zero-order valence-electron chi connectivity index (χ0n) is 12.4. The van der Waals surface area contributed by atoms with Crippen molar-refractivity contribution in [2.24, 2.45) is 0 Å². The van der Waals surface area contributed by atoms with Crippen molar-refractivity contribution in [1.82, 2.24) is 4.90 Å². The van der Waals surface area contributed by atoms with Gasteiger partial charge in [-0.2, -0.15) is 0 Å². The molecule has 22 heavy (non-hydrogen) atoms. The Morgan fingerprint density at radius 3 is 2.77 bits per heavy atom. The Morgan fingerprint density at radius 1 is 1.27 bits per heavy atom. The molecule has 0 spiro atoms. The van der Waals surface area contributed by atoms with Crippen molar-refractivity contribution < 1.29 is 14.6 Å². The number of halogens is 1. The van der Waals surface area contributed by atoms with Crippen LogP contribution in [0.2, 0.25) is 5.02 Å². The Morgan fingerprint density at radius 2 is 2.05 bits per heavy atom. The van der Waals surface area contributed by atoms with E-state index < -0.39 is 6.10 Å². The fourth-order valence-corrected chi connectivity index (χ4v) is 3.18. The molecule has 120 valence electrons. The molecule has 2 saturated heterocycles. The van der Waals surface area contributed by atoms with Crippen LogP contribution < -0.4 is 4.90 Å². The van der Waals surface area contributed by atoms with Crippen LogP contribution in [0.3, 0.4) is 0 Å². The first-order valence-electron chi connectivity index (χ1n) is 7.72. The predicted molar refractivity (Wildman–Crippen MR) is 85.2 cm³/mol. The van der Waals surface area contributed by atoms with Gasteiger partial charge >= 0.3 is 0 Å². The highest BCUT2D eigenvalue weighted by molar-refractivity contribution is 6.30. The molecule has 3 rings (SSSR count). The number of amides is 1. The lowest BCUT2D eigenvalue weighted by molar-refractivity contribution is -0.146. The first-order chi connectivity index (χ1) is 10.6. The quantitative estimate of drug-likeness (QED) is 0.896. The minimum absolute atomic E-state index is 0.0265. The molecule has 0 saturated carbocycles. The predicted octanol–water partition coefficient (Wildman–Crippen LogP) is 1.53. The van der Waals surface area contributed by atoms with E-state index in [4.69, 9.17) is 16.3 Å². The number of ether oxygens (including phenoxy) is 1. The van der Waals surface area contributed by atoms with Crippen LogP contribution in [0.25, 0.3) is 0 Å². The maximum atomic E-state index is 12.6. The number of carbonyl (C=O) groups is 1. The van der Waals surface area contributed by atoms with Gasteiger partial charge in [-0.15, -0.1) is 0 Å². The minimum Gasteiger partial charge on any atom is -0.393 e. The van der Waals surface area contributed by atoms with E-state index in [1.54, 1.807) is 4.90 Å². The molecule has 6 heteroatoms. The molecule has 2 aliphatic rings. The van der Waals surface area contributed by atoms with E-state index in [9.17, 15) is 9.90 Å². The molecule has 0 radical (unpaired) electrons. The zero-order valence-corrected chi connectivity index (χ0v) is 13.2. The van der Waals surface area contributed by atoms with Crippen molar-refractivity contribution in [3.05, 3.63) is 29.3 Å². The van der Waals surface area contributed by atoms with Crippen LogP contribution in [0.15, 0.2) is 24.3 Å². The molecule has 5 nitrogen and oxygen atoms in total. The van der Waals surface area contributed by atoms with Gasteiger partial charge in [0.1, 0.15) is 0 Å². The SMILES string of the molecule is O=C(C1CN(c2cccc(Cl)c2)CCO1)N1CCC(O)CC1. The van der Waals surface area contributed by atoms with Crippen LogP contribution in [0, 0.1) is 0 Å². The van der Waals surface area contributed by atoms with E-state index >= 15 is 0 Å². The lowest BCUT2D eigenvalue weighted by atomic mass is 10.1. The van der Waals surface area contributed by atoms with Gasteiger partial charge in [0.2, 0.25) is 0 Å². The Hall–Kier alpha value is -1.30. The molecule has 1 N–H and O–H groups in total. The van der Waals surface area contributed by atoms with E-state index in [-0.39, 0.29) is 12.0 Å². The van der Waals surface area contributed by atoms with Crippen LogP contribution in [0.5, 0.6) is 0 Å². The number of benzene rings is 1. The summed E-state index contributed by atoms with van der Waals surface area (Å²) in [5, 5.41) is 10.2. The molecular formula is C16H21ClN2O3. The van der Waals surface area contributed by atoms with Gasteiger partial charge in [-0.25, -0.2) is 0 Å². The summed E-state index contributed by atoms with van der Waals surface area (Å²) in [4.78, 5) is 16.5. The Bertz CT molecular complexity index is 532. The average molecular weight is 325 g/mol. The summed E-state index contributed by atoms with van der Waals surface area (Å²) in [7, 11) is 0. The van der Waals surface area contributed by atoms with E-state index in [1.807, 2.05) is 24.3 Å². The first-order valence-corrected chi connectivity index (χ1v) is 8.10. The zero-order chi connectivity index (χ0) is 15.5. The van der Waals surface area contributed by atoms with E-state index in [0.29, 0.717) is 44.1 Å². The fourth-order valence-electron chi connectivity index (χ4n) is 3.00. The van der Waals surface area contributed by atoms with Gasteiger partial charge in [-0.1, -0.05) is 17.7 Å². The third-order valence-electron chi connectivity index (χ3n) is 4.29. The highest BCUT2D eigenvalue weighted by Gasteiger charge is 2.32. The molecule has 0 aliphatic carbocycles. The fraction of sp³-hybridized carbons (Fsp3) is 0.562. The number of nitrogens with zero attached hydrogens (tertiary/aromatic N) is 2. The molecule has 1 amide bonds. The van der Waals surface area contributed by atoms with Gasteiger partial charge in [-0.05, 0) is 31.0 Å². The summed E-state index contributed by atoms with van der Waals surface area (Å²) in [6, 6.07) is 7.66. The van der Waals surface area contributed by atoms with Crippen LogP contribution in [-0.4, -0.2) is 60.9 Å². The van der Waals surface area contributed by atoms with Crippen molar-refractivity contribution in [1.29, 1.82) is 0 Å². The van der Waals surface area contributed by atoms with E-state index in [1.165, 1.54) is 0 Å². The molecule has 0 aromatic heterocycles. The van der Waals surface area contributed by atoms with Crippen LogP contribution in [0.4, 0.5) is 5.69 Å². The number of anilines is 1. The number of aliphatic hydroxyl groups is 1. The van der Waals surface area contributed by atoms with Crippen LogP contribution >= 0.6 is 11.6 Å². The molecule has 0 bridgehead atoms. The van der Waals surface area contributed by atoms with Gasteiger partial charge in [0, 0.05) is 30.3 Å². The molecule has 2 aliphatic heterocycles. The topological polar surface area (TPSA) is 53.0 Å². The summed E-state index contributed by atoms with van der Waals surface area (Å²) in [5.74, 6) is 0.0265. The Labute approximate surface area is 135 Å². The Balaban J connectivity index is 1.64. The highest BCUT2D eigenvalue weighted by atomic mass is 35.5. The maximum Gasteiger partial charge on any atom is 0.253 e. The third kappa shape index (κ3) is 3.54. The number of hydrogen-bond acceptors (Lipinski definition) is 4. The largest absolute Gasteiger partial charge is 0.393 e. The second-order valence-electron chi connectivity index (χ2n) is 5.84. The highest BCUT2D eigenvalue weighted by Crippen LogP contribution is 2.22. The molecule has 2 heterocycles. The molecule has 1 aromatic rings. The smallest absolute Gasteiger partial charge is 0.253 e.